The van der Waals surface area contributed by atoms with Gasteiger partial charge in [-0.15, -0.1) is 0 Å². The maximum absolute atomic E-state index is 10.6. The highest BCUT2D eigenvalue weighted by Crippen LogP contribution is 2.27. The van der Waals surface area contributed by atoms with E-state index in [-0.39, 0.29) is 5.69 Å². The fraction of sp³-hybridized carbons (Fsp3) is 0.353. The number of ether oxygens (including phenoxy) is 1. The summed E-state index contributed by atoms with van der Waals surface area (Å²) in [6, 6.07) is 11.2. The van der Waals surface area contributed by atoms with Crippen LogP contribution in [-0.4, -0.2) is 36.7 Å². The van der Waals surface area contributed by atoms with Crippen molar-refractivity contribution in [1.82, 2.24) is 4.98 Å². The molecular formula is C17H20N4O3. The lowest BCUT2D eigenvalue weighted by Gasteiger charge is -2.19. The Kier molecular flexibility index (Phi) is 4.79. The van der Waals surface area contributed by atoms with Gasteiger partial charge in [-0.1, -0.05) is 6.07 Å². The number of benzene rings is 1. The molecule has 7 heteroatoms. The molecule has 1 atom stereocenters. The van der Waals surface area contributed by atoms with Crippen LogP contribution in [0.15, 0.2) is 42.6 Å². The summed E-state index contributed by atoms with van der Waals surface area (Å²) in [6.45, 7) is 2.77. The molecule has 0 amide bonds. The zero-order valence-electron chi connectivity index (χ0n) is 13.5. The van der Waals surface area contributed by atoms with Crippen LogP contribution in [0.5, 0.6) is 5.75 Å². The number of aromatic nitrogens is 1. The first-order valence-electron chi connectivity index (χ1n) is 7.89. The summed E-state index contributed by atoms with van der Waals surface area (Å²) in [5, 5.41) is 13.9. The fourth-order valence-electron chi connectivity index (χ4n) is 2.89. The van der Waals surface area contributed by atoms with Crippen LogP contribution in [0.1, 0.15) is 6.42 Å². The molecule has 2 heterocycles. The molecule has 0 unspecified atom stereocenters. The zero-order chi connectivity index (χ0) is 16.9. The van der Waals surface area contributed by atoms with Gasteiger partial charge in [-0.25, -0.2) is 4.98 Å². The Morgan fingerprint density at radius 1 is 1.42 bits per heavy atom. The molecular weight excluding hydrogens is 308 g/mol. The highest BCUT2D eigenvalue weighted by molar-refractivity contribution is 5.51. The number of nitro groups is 1. The van der Waals surface area contributed by atoms with E-state index >= 15 is 0 Å². The minimum atomic E-state index is -0.445. The highest BCUT2D eigenvalue weighted by atomic mass is 16.6. The van der Waals surface area contributed by atoms with E-state index in [0.717, 1.165) is 31.8 Å². The normalized spacial score (nSPS) is 16.9. The van der Waals surface area contributed by atoms with Gasteiger partial charge in [0.15, 0.2) is 0 Å². The third-order valence-electron chi connectivity index (χ3n) is 4.23. The summed E-state index contributed by atoms with van der Waals surface area (Å²) in [5.74, 6) is 2.04. The van der Waals surface area contributed by atoms with Crippen LogP contribution in [0.25, 0.3) is 0 Å². The molecule has 1 aromatic heterocycles. The highest BCUT2D eigenvalue weighted by Gasteiger charge is 2.23. The van der Waals surface area contributed by atoms with E-state index in [0.29, 0.717) is 11.7 Å². The molecule has 0 aliphatic carbocycles. The van der Waals surface area contributed by atoms with Crippen molar-refractivity contribution in [2.24, 2.45) is 5.92 Å². The quantitative estimate of drug-likeness (QED) is 0.649. The van der Waals surface area contributed by atoms with E-state index in [1.54, 1.807) is 13.2 Å². The predicted molar refractivity (Wildman–Crippen MR) is 92.7 cm³/mol. The topological polar surface area (TPSA) is 80.5 Å². The lowest BCUT2D eigenvalue weighted by atomic mass is 10.1. The minimum Gasteiger partial charge on any atom is -0.497 e. The van der Waals surface area contributed by atoms with Gasteiger partial charge in [0, 0.05) is 37.5 Å². The van der Waals surface area contributed by atoms with Crippen molar-refractivity contribution in [3.05, 3.63) is 52.7 Å². The first kappa shape index (κ1) is 16.0. The van der Waals surface area contributed by atoms with E-state index in [1.165, 1.54) is 18.0 Å². The second kappa shape index (κ2) is 7.16. The van der Waals surface area contributed by atoms with Gasteiger partial charge in [-0.3, -0.25) is 10.1 Å². The van der Waals surface area contributed by atoms with Crippen molar-refractivity contribution in [2.45, 2.75) is 6.42 Å². The van der Waals surface area contributed by atoms with Crippen molar-refractivity contribution in [3.63, 3.8) is 0 Å². The van der Waals surface area contributed by atoms with Gasteiger partial charge in [0.25, 0.3) is 5.69 Å². The number of rotatable bonds is 6. The van der Waals surface area contributed by atoms with Gasteiger partial charge in [-0.2, -0.15) is 0 Å². The Labute approximate surface area is 140 Å². The summed E-state index contributed by atoms with van der Waals surface area (Å²) in [5.41, 5.74) is 1.18. The van der Waals surface area contributed by atoms with Crippen molar-refractivity contribution in [1.29, 1.82) is 0 Å². The molecule has 1 aliphatic rings. The van der Waals surface area contributed by atoms with Crippen molar-refractivity contribution < 1.29 is 9.66 Å². The Morgan fingerprint density at radius 2 is 2.29 bits per heavy atom. The number of hydrogen-bond acceptors (Lipinski definition) is 6. The summed E-state index contributed by atoms with van der Waals surface area (Å²) in [4.78, 5) is 16.6. The molecule has 1 saturated heterocycles. The maximum atomic E-state index is 10.6. The van der Waals surface area contributed by atoms with E-state index in [9.17, 15) is 10.1 Å². The Bertz CT molecular complexity index is 705. The largest absolute Gasteiger partial charge is 0.497 e. The summed E-state index contributed by atoms with van der Waals surface area (Å²) in [7, 11) is 1.67. The maximum Gasteiger partial charge on any atom is 0.287 e. The summed E-state index contributed by atoms with van der Waals surface area (Å²) < 4.78 is 5.28. The van der Waals surface area contributed by atoms with Gasteiger partial charge in [0.1, 0.15) is 17.8 Å². The van der Waals surface area contributed by atoms with Gasteiger partial charge >= 0.3 is 0 Å². The molecule has 0 saturated carbocycles. The molecule has 3 rings (SSSR count). The zero-order valence-corrected chi connectivity index (χ0v) is 13.5. The number of anilines is 2. The molecule has 126 valence electrons. The third-order valence-corrected chi connectivity index (χ3v) is 4.23. The molecule has 1 aliphatic heterocycles. The first-order chi connectivity index (χ1) is 11.7. The molecule has 24 heavy (non-hydrogen) atoms. The second-order valence-corrected chi connectivity index (χ2v) is 5.84. The number of pyridine rings is 1. The van der Waals surface area contributed by atoms with Crippen LogP contribution < -0.4 is 15.0 Å². The smallest absolute Gasteiger partial charge is 0.287 e. The molecule has 0 spiro atoms. The van der Waals surface area contributed by atoms with Gasteiger partial charge in [0.2, 0.25) is 0 Å². The second-order valence-electron chi connectivity index (χ2n) is 5.84. The van der Waals surface area contributed by atoms with Crippen LogP contribution in [-0.2, 0) is 0 Å². The predicted octanol–water partition coefficient (Wildman–Crippen LogP) is 2.94. The van der Waals surface area contributed by atoms with E-state index < -0.39 is 4.92 Å². The van der Waals surface area contributed by atoms with E-state index in [4.69, 9.17) is 4.74 Å². The van der Waals surface area contributed by atoms with Crippen molar-refractivity contribution in [3.8, 4) is 5.75 Å². The Balaban J connectivity index is 1.53. The van der Waals surface area contributed by atoms with Crippen LogP contribution in [0.4, 0.5) is 17.2 Å². The first-order valence-corrected chi connectivity index (χ1v) is 7.89. The molecule has 0 radical (unpaired) electrons. The number of methoxy groups -OCH3 is 1. The standard InChI is InChI=1S/C17H20N4O3/c1-24-16-4-2-3-14(9-16)20-8-7-13(12-20)10-18-17-6-5-15(11-19-17)21(22)23/h2-6,9,11,13H,7-8,10,12H2,1H3,(H,18,19)/t13-/m0/s1. The monoisotopic (exact) mass is 328 g/mol. The summed E-state index contributed by atoms with van der Waals surface area (Å²) in [6.07, 6.45) is 2.37. The lowest BCUT2D eigenvalue weighted by molar-refractivity contribution is -0.385. The molecule has 1 aromatic carbocycles. The van der Waals surface area contributed by atoms with Gasteiger partial charge in [-0.05, 0) is 30.5 Å². The van der Waals surface area contributed by atoms with Crippen LogP contribution in [0.3, 0.4) is 0 Å². The lowest BCUT2D eigenvalue weighted by Crippen LogP contribution is -2.22. The SMILES string of the molecule is COc1cccc(N2CC[C@@H](CNc3ccc([N+](=O)[O-])cn3)C2)c1. The minimum absolute atomic E-state index is 0.00520. The number of nitrogens with zero attached hydrogens (tertiary/aromatic N) is 3. The average molecular weight is 328 g/mol. The molecule has 1 N–H and O–H groups in total. The molecule has 1 fully saturated rings. The van der Waals surface area contributed by atoms with Crippen molar-refractivity contribution >= 4 is 17.2 Å². The van der Waals surface area contributed by atoms with Gasteiger partial charge in [0.05, 0.1) is 12.0 Å². The summed E-state index contributed by atoms with van der Waals surface area (Å²) >= 11 is 0. The van der Waals surface area contributed by atoms with Crippen LogP contribution in [0.2, 0.25) is 0 Å². The molecule has 2 aromatic rings. The molecule has 0 bridgehead atoms. The van der Waals surface area contributed by atoms with Crippen LogP contribution >= 0.6 is 0 Å². The van der Waals surface area contributed by atoms with Crippen LogP contribution in [0, 0.1) is 16.0 Å². The Hall–Kier alpha value is -2.83. The Morgan fingerprint density at radius 3 is 3.00 bits per heavy atom. The number of nitrogens with one attached hydrogen (secondary N) is 1. The third kappa shape index (κ3) is 3.73. The van der Waals surface area contributed by atoms with E-state index in [1.807, 2.05) is 18.2 Å². The van der Waals surface area contributed by atoms with E-state index in [2.05, 4.69) is 21.3 Å². The van der Waals surface area contributed by atoms with Crippen molar-refractivity contribution in [2.75, 3.05) is 37.0 Å². The fourth-order valence-corrected chi connectivity index (χ4v) is 2.89. The average Bonchev–Trinajstić information content (AvgIpc) is 3.09. The number of hydrogen-bond donors (Lipinski definition) is 1. The van der Waals surface area contributed by atoms with Gasteiger partial charge < -0.3 is 15.0 Å². The molecule has 7 nitrogen and oxygen atoms in total.